The first-order valence-corrected chi connectivity index (χ1v) is 8.44. The van der Waals surface area contributed by atoms with E-state index in [1.807, 2.05) is 18.2 Å². The highest BCUT2D eigenvalue weighted by molar-refractivity contribution is 7.91. The zero-order chi connectivity index (χ0) is 14.2. The number of sulfone groups is 1. The van der Waals surface area contributed by atoms with Gasteiger partial charge in [-0.05, 0) is 24.5 Å². The van der Waals surface area contributed by atoms with Crippen molar-refractivity contribution in [1.29, 1.82) is 0 Å². The van der Waals surface area contributed by atoms with Crippen molar-refractivity contribution in [2.45, 2.75) is 12.8 Å². The second-order valence-corrected chi connectivity index (χ2v) is 7.54. The second kappa shape index (κ2) is 4.98. The third-order valence-electron chi connectivity index (χ3n) is 3.73. The van der Waals surface area contributed by atoms with Crippen molar-refractivity contribution in [2.75, 3.05) is 11.5 Å². The van der Waals surface area contributed by atoms with E-state index in [1.165, 1.54) is 0 Å². The SMILES string of the molecule is O=C(CC1CCS(=O)(=O)C1)c1ccc2cccnc2c1. The minimum atomic E-state index is -2.92. The third-order valence-corrected chi connectivity index (χ3v) is 5.57. The van der Waals surface area contributed by atoms with Gasteiger partial charge in [0.05, 0.1) is 17.0 Å². The Balaban J connectivity index is 1.79. The average Bonchev–Trinajstić information content (AvgIpc) is 2.77. The molecule has 1 fully saturated rings. The highest BCUT2D eigenvalue weighted by Gasteiger charge is 2.29. The van der Waals surface area contributed by atoms with E-state index in [1.54, 1.807) is 18.3 Å². The number of aromatic nitrogens is 1. The number of benzene rings is 1. The molecule has 1 saturated heterocycles. The van der Waals surface area contributed by atoms with E-state index in [0.29, 0.717) is 18.4 Å². The number of carbonyl (C=O) groups excluding carboxylic acids is 1. The molecule has 1 aromatic heterocycles. The Kier molecular flexibility index (Phi) is 3.30. The summed E-state index contributed by atoms with van der Waals surface area (Å²) in [4.78, 5) is 16.5. The van der Waals surface area contributed by atoms with Gasteiger partial charge in [0, 0.05) is 23.6 Å². The lowest BCUT2D eigenvalue weighted by molar-refractivity contribution is 0.0966. The van der Waals surface area contributed by atoms with Gasteiger partial charge in [0.25, 0.3) is 0 Å². The van der Waals surface area contributed by atoms with Crippen LogP contribution in [0.1, 0.15) is 23.2 Å². The van der Waals surface area contributed by atoms with Crippen LogP contribution >= 0.6 is 0 Å². The number of hydrogen-bond acceptors (Lipinski definition) is 4. The Hall–Kier alpha value is -1.75. The van der Waals surface area contributed by atoms with Gasteiger partial charge in [-0.3, -0.25) is 9.78 Å². The van der Waals surface area contributed by atoms with Gasteiger partial charge in [-0.2, -0.15) is 0 Å². The summed E-state index contributed by atoms with van der Waals surface area (Å²) in [6, 6.07) is 9.24. The molecule has 20 heavy (non-hydrogen) atoms. The fraction of sp³-hybridized carbons (Fsp3) is 0.333. The monoisotopic (exact) mass is 289 g/mol. The summed E-state index contributed by atoms with van der Waals surface area (Å²) in [6.45, 7) is 0. The van der Waals surface area contributed by atoms with Gasteiger partial charge in [0.15, 0.2) is 15.6 Å². The van der Waals surface area contributed by atoms with Gasteiger partial charge < -0.3 is 0 Å². The number of carbonyl (C=O) groups is 1. The van der Waals surface area contributed by atoms with Crippen LogP contribution in [-0.4, -0.2) is 30.7 Å². The number of fused-ring (bicyclic) bond motifs is 1. The number of Topliss-reactive ketones (excluding diaryl/α,β-unsaturated/α-hetero) is 1. The molecule has 1 aromatic carbocycles. The van der Waals surface area contributed by atoms with Crippen LogP contribution in [0.15, 0.2) is 36.5 Å². The summed E-state index contributed by atoms with van der Waals surface area (Å²) in [6.07, 6.45) is 2.59. The molecule has 0 saturated carbocycles. The number of rotatable bonds is 3. The summed E-state index contributed by atoms with van der Waals surface area (Å²) in [5, 5.41) is 0.993. The molecule has 0 N–H and O–H groups in total. The summed E-state index contributed by atoms with van der Waals surface area (Å²) < 4.78 is 22.8. The number of nitrogens with zero attached hydrogens (tertiary/aromatic N) is 1. The van der Waals surface area contributed by atoms with Crippen LogP contribution in [-0.2, 0) is 9.84 Å². The summed E-state index contributed by atoms with van der Waals surface area (Å²) in [7, 11) is -2.92. The zero-order valence-electron chi connectivity index (χ0n) is 11.0. The van der Waals surface area contributed by atoms with E-state index in [0.717, 1.165) is 10.9 Å². The molecule has 4 nitrogen and oxygen atoms in total. The first kappa shape index (κ1) is 13.2. The molecule has 0 bridgehead atoms. The van der Waals surface area contributed by atoms with Gasteiger partial charge in [-0.1, -0.05) is 18.2 Å². The first-order chi connectivity index (χ1) is 9.53. The Morgan fingerprint density at radius 2 is 2.15 bits per heavy atom. The van der Waals surface area contributed by atoms with Gasteiger partial charge >= 0.3 is 0 Å². The van der Waals surface area contributed by atoms with E-state index >= 15 is 0 Å². The third kappa shape index (κ3) is 2.72. The zero-order valence-corrected chi connectivity index (χ0v) is 11.8. The van der Waals surface area contributed by atoms with Crippen molar-refractivity contribution < 1.29 is 13.2 Å². The minimum absolute atomic E-state index is 0.000321. The van der Waals surface area contributed by atoms with Crippen LogP contribution < -0.4 is 0 Å². The Morgan fingerprint density at radius 1 is 1.30 bits per heavy atom. The molecule has 0 radical (unpaired) electrons. The van der Waals surface area contributed by atoms with Gasteiger partial charge in [0.1, 0.15) is 0 Å². The molecular weight excluding hydrogens is 274 g/mol. The Labute approximate surface area is 117 Å². The van der Waals surface area contributed by atoms with Gasteiger partial charge in [-0.15, -0.1) is 0 Å². The number of ketones is 1. The highest BCUT2D eigenvalue weighted by atomic mass is 32.2. The van der Waals surface area contributed by atoms with Crippen LogP contribution in [0.5, 0.6) is 0 Å². The topological polar surface area (TPSA) is 64.1 Å². The van der Waals surface area contributed by atoms with Crippen molar-refractivity contribution in [1.82, 2.24) is 4.98 Å². The largest absolute Gasteiger partial charge is 0.294 e. The number of hydrogen-bond donors (Lipinski definition) is 0. The lowest BCUT2D eigenvalue weighted by Crippen LogP contribution is -2.10. The standard InChI is InChI=1S/C15H15NO3S/c17-15(8-11-5-7-20(18,19)10-11)13-4-3-12-2-1-6-16-14(12)9-13/h1-4,6,9,11H,5,7-8,10H2. The lowest BCUT2D eigenvalue weighted by Gasteiger charge is -2.07. The van der Waals surface area contributed by atoms with Crippen molar-refractivity contribution >= 4 is 26.5 Å². The predicted octanol–water partition coefficient (Wildman–Crippen LogP) is 2.24. The maximum Gasteiger partial charge on any atom is 0.163 e. The lowest BCUT2D eigenvalue weighted by atomic mass is 9.97. The molecular formula is C15H15NO3S. The maximum atomic E-state index is 12.2. The van der Waals surface area contributed by atoms with Crippen LogP contribution in [0.25, 0.3) is 10.9 Å². The molecule has 104 valence electrons. The van der Waals surface area contributed by atoms with Crippen LogP contribution in [0.2, 0.25) is 0 Å². The summed E-state index contributed by atoms with van der Waals surface area (Å²) in [5.41, 5.74) is 1.40. The molecule has 1 aliphatic rings. The van der Waals surface area contributed by atoms with Crippen LogP contribution in [0.3, 0.4) is 0 Å². The van der Waals surface area contributed by atoms with E-state index in [-0.39, 0.29) is 23.2 Å². The minimum Gasteiger partial charge on any atom is -0.294 e. The van der Waals surface area contributed by atoms with Crippen molar-refractivity contribution in [3.8, 4) is 0 Å². The quantitative estimate of drug-likeness (QED) is 0.813. The molecule has 0 spiro atoms. The predicted molar refractivity (Wildman–Crippen MR) is 77.5 cm³/mol. The molecule has 2 heterocycles. The molecule has 1 unspecified atom stereocenters. The van der Waals surface area contributed by atoms with E-state index in [4.69, 9.17) is 0 Å². The number of pyridine rings is 1. The van der Waals surface area contributed by atoms with E-state index in [9.17, 15) is 13.2 Å². The van der Waals surface area contributed by atoms with Crippen molar-refractivity contribution in [3.63, 3.8) is 0 Å². The second-order valence-electron chi connectivity index (χ2n) is 5.31. The van der Waals surface area contributed by atoms with E-state index < -0.39 is 9.84 Å². The summed E-state index contributed by atoms with van der Waals surface area (Å²) >= 11 is 0. The van der Waals surface area contributed by atoms with Crippen LogP contribution in [0, 0.1) is 5.92 Å². The van der Waals surface area contributed by atoms with Gasteiger partial charge in [-0.25, -0.2) is 8.42 Å². The van der Waals surface area contributed by atoms with E-state index in [2.05, 4.69) is 4.98 Å². The average molecular weight is 289 g/mol. The molecule has 0 amide bonds. The molecule has 1 aliphatic heterocycles. The smallest absolute Gasteiger partial charge is 0.163 e. The molecule has 5 heteroatoms. The van der Waals surface area contributed by atoms with Crippen LogP contribution in [0.4, 0.5) is 0 Å². The fourth-order valence-electron chi connectivity index (χ4n) is 2.65. The molecule has 2 aromatic rings. The molecule has 1 atom stereocenters. The Morgan fingerprint density at radius 3 is 2.90 bits per heavy atom. The molecule has 3 rings (SSSR count). The van der Waals surface area contributed by atoms with Gasteiger partial charge in [0.2, 0.25) is 0 Å². The molecule has 0 aliphatic carbocycles. The normalized spacial score (nSPS) is 21.1. The Bertz CT molecular complexity index is 768. The fourth-order valence-corrected chi connectivity index (χ4v) is 4.51. The first-order valence-electron chi connectivity index (χ1n) is 6.62. The maximum absolute atomic E-state index is 12.2. The van der Waals surface area contributed by atoms with Crippen molar-refractivity contribution in [3.05, 3.63) is 42.1 Å². The summed E-state index contributed by atoms with van der Waals surface area (Å²) in [5.74, 6) is 0.320. The van der Waals surface area contributed by atoms with Crippen molar-refractivity contribution in [2.24, 2.45) is 5.92 Å². The highest BCUT2D eigenvalue weighted by Crippen LogP contribution is 2.24.